The first-order valence-corrected chi connectivity index (χ1v) is 12.2. The van der Waals surface area contributed by atoms with E-state index in [0.717, 1.165) is 23.7 Å². The maximum Gasteiger partial charge on any atom is 0.339 e. The van der Waals surface area contributed by atoms with Crippen LogP contribution in [0.1, 0.15) is 16.8 Å². The molecule has 23 heavy (non-hydrogen) atoms. The zero-order valence-corrected chi connectivity index (χ0v) is 19.6. The van der Waals surface area contributed by atoms with Crippen molar-refractivity contribution < 1.29 is 22.8 Å². The van der Waals surface area contributed by atoms with Gasteiger partial charge in [0, 0.05) is 17.1 Å². The van der Waals surface area contributed by atoms with Crippen LogP contribution in [0, 0.1) is 10.7 Å². The summed E-state index contributed by atoms with van der Waals surface area (Å²) in [7, 11) is -2.82. The number of quaternary nitrogens is 1. The standard InChI is InChI=1S/C14H16I3NO4S/c15-10-8-11(13(17)12(16)9-10)14(19)22-5-1-2-18-3-6-23(20,21)7-4-18/h8-9H,1-7H2/p+1. The van der Waals surface area contributed by atoms with Crippen LogP contribution in [0.3, 0.4) is 0 Å². The Hall–Kier alpha value is 0.790. The van der Waals surface area contributed by atoms with E-state index in [1.54, 1.807) is 0 Å². The molecule has 0 saturated carbocycles. The van der Waals surface area contributed by atoms with Gasteiger partial charge in [0.25, 0.3) is 0 Å². The number of halogens is 3. The molecule has 9 heteroatoms. The van der Waals surface area contributed by atoms with E-state index in [1.807, 2.05) is 12.1 Å². The summed E-state index contributed by atoms with van der Waals surface area (Å²) in [5.41, 5.74) is 0.610. The Morgan fingerprint density at radius 1 is 1.17 bits per heavy atom. The highest BCUT2D eigenvalue weighted by Crippen LogP contribution is 2.23. The van der Waals surface area contributed by atoms with Gasteiger partial charge in [-0.25, -0.2) is 13.2 Å². The molecule has 1 heterocycles. The minimum absolute atomic E-state index is 0.265. The molecule has 0 atom stereocenters. The highest BCUT2D eigenvalue weighted by Gasteiger charge is 2.24. The number of rotatable bonds is 5. The van der Waals surface area contributed by atoms with Crippen molar-refractivity contribution in [2.75, 3.05) is 37.7 Å². The second-order valence-corrected chi connectivity index (χ2v) is 11.2. The fourth-order valence-electron chi connectivity index (χ4n) is 2.35. The number of sulfone groups is 1. The molecule has 1 N–H and O–H groups in total. The number of benzene rings is 1. The lowest BCUT2D eigenvalue weighted by atomic mass is 10.2. The van der Waals surface area contributed by atoms with Gasteiger partial charge in [0.05, 0.1) is 43.3 Å². The molecule has 0 amide bonds. The largest absolute Gasteiger partial charge is 0.462 e. The van der Waals surface area contributed by atoms with Crippen LogP contribution >= 0.6 is 67.8 Å². The molecule has 1 fully saturated rings. The van der Waals surface area contributed by atoms with E-state index in [9.17, 15) is 13.2 Å². The molecule has 0 aliphatic carbocycles. The smallest absolute Gasteiger partial charge is 0.339 e. The molecule has 1 aliphatic rings. The summed E-state index contributed by atoms with van der Waals surface area (Å²) < 4.78 is 31.1. The van der Waals surface area contributed by atoms with Gasteiger partial charge in [0.2, 0.25) is 0 Å². The molecule has 0 radical (unpaired) electrons. The molecule has 1 aliphatic heterocycles. The lowest BCUT2D eigenvalue weighted by Crippen LogP contribution is -3.14. The third-order valence-corrected chi connectivity index (χ3v) is 8.97. The molecular weight excluding hydrogens is 659 g/mol. The zero-order valence-electron chi connectivity index (χ0n) is 12.3. The molecule has 1 aromatic carbocycles. The minimum Gasteiger partial charge on any atom is -0.462 e. The fraction of sp³-hybridized carbons (Fsp3) is 0.500. The Morgan fingerprint density at radius 3 is 2.48 bits per heavy atom. The van der Waals surface area contributed by atoms with Gasteiger partial charge in [-0.3, -0.25) is 0 Å². The van der Waals surface area contributed by atoms with Crippen LogP contribution in [0.4, 0.5) is 0 Å². The molecular formula is C14H17I3NO4S+. The number of esters is 1. The number of carbonyl (C=O) groups excluding carboxylic acids is 1. The van der Waals surface area contributed by atoms with Crippen molar-refractivity contribution in [2.24, 2.45) is 0 Å². The summed E-state index contributed by atoms with van der Waals surface area (Å²) in [5.74, 6) is 0.240. The normalized spacial score (nSPS) is 17.9. The van der Waals surface area contributed by atoms with E-state index in [0.29, 0.717) is 25.3 Å². The van der Waals surface area contributed by atoms with Gasteiger partial charge in [-0.2, -0.15) is 0 Å². The van der Waals surface area contributed by atoms with Crippen molar-refractivity contribution in [3.05, 3.63) is 28.4 Å². The Kier molecular flexibility index (Phi) is 7.82. The first-order valence-electron chi connectivity index (χ1n) is 7.14. The minimum atomic E-state index is -2.82. The maximum atomic E-state index is 12.2. The molecule has 1 saturated heterocycles. The molecule has 0 aromatic heterocycles. The average Bonchev–Trinajstić information content (AvgIpc) is 2.48. The molecule has 1 aromatic rings. The highest BCUT2D eigenvalue weighted by atomic mass is 127. The van der Waals surface area contributed by atoms with E-state index >= 15 is 0 Å². The van der Waals surface area contributed by atoms with Gasteiger partial charge in [-0.15, -0.1) is 0 Å². The topological polar surface area (TPSA) is 64.9 Å². The van der Waals surface area contributed by atoms with Crippen molar-refractivity contribution in [1.29, 1.82) is 0 Å². The maximum absolute atomic E-state index is 12.2. The van der Waals surface area contributed by atoms with E-state index in [-0.39, 0.29) is 17.5 Å². The third-order valence-electron chi connectivity index (χ3n) is 3.65. The Labute approximate surface area is 177 Å². The van der Waals surface area contributed by atoms with Gasteiger partial charge in [0.15, 0.2) is 9.84 Å². The van der Waals surface area contributed by atoms with Crippen molar-refractivity contribution in [2.45, 2.75) is 6.42 Å². The molecule has 0 bridgehead atoms. The van der Waals surface area contributed by atoms with E-state index in [4.69, 9.17) is 4.74 Å². The number of hydrogen-bond donors (Lipinski definition) is 1. The third kappa shape index (κ3) is 6.22. The first kappa shape index (κ1) is 20.1. The van der Waals surface area contributed by atoms with E-state index < -0.39 is 9.84 Å². The van der Waals surface area contributed by atoms with Gasteiger partial charge >= 0.3 is 5.97 Å². The van der Waals surface area contributed by atoms with E-state index in [2.05, 4.69) is 67.8 Å². The van der Waals surface area contributed by atoms with Gasteiger partial charge < -0.3 is 9.64 Å². The van der Waals surface area contributed by atoms with Crippen molar-refractivity contribution in [1.82, 2.24) is 0 Å². The van der Waals surface area contributed by atoms with Crippen LogP contribution in [0.15, 0.2) is 12.1 Å². The molecule has 2 rings (SSSR count). The predicted octanol–water partition coefficient (Wildman–Crippen LogP) is 1.36. The van der Waals surface area contributed by atoms with E-state index in [1.165, 1.54) is 4.90 Å². The Bertz CT molecular complexity index is 680. The lowest BCUT2D eigenvalue weighted by molar-refractivity contribution is -0.896. The number of hydrogen-bond acceptors (Lipinski definition) is 4. The van der Waals surface area contributed by atoms with Crippen molar-refractivity contribution in [3.8, 4) is 0 Å². The highest BCUT2D eigenvalue weighted by molar-refractivity contribution is 14.1. The molecule has 0 unspecified atom stereocenters. The number of carbonyl (C=O) groups is 1. The van der Waals surface area contributed by atoms with Gasteiger partial charge in [-0.05, 0) is 79.9 Å². The Morgan fingerprint density at radius 2 is 1.83 bits per heavy atom. The van der Waals surface area contributed by atoms with Crippen LogP contribution in [0.2, 0.25) is 0 Å². The Balaban J connectivity index is 1.78. The van der Waals surface area contributed by atoms with Crippen molar-refractivity contribution >= 4 is 83.6 Å². The van der Waals surface area contributed by atoms with Crippen LogP contribution in [-0.2, 0) is 14.6 Å². The fourth-order valence-corrected chi connectivity index (χ4v) is 6.13. The quantitative estimate of drug-likeness (QED) is 0.222. The summed E-state index contributed by atoms with van der Waals surface area (Å²) in [6.45, 7) is 2.52. The second-order valence-electron chi connectivity index (χ2n) is 5.39. The summed E-state index contributed by atoms with van der Waals surface area (Å²) in [5, 5.41) is 0. The van der Waals surface area contributed by atoms with Crippen LogP contribution < -0.4 is 4.90 Å². The summed E-state index contributed by atoms with van der Waals surface area (Å²) in [6.07, 6.45) is 0.749. The van der Waals surface area contributed by atoms with Crippen LogP contribution in [-0.4, -0.2) is 52.1 Å². The van der Waals surface area contributed by atoms with Gasteiger partial charge in [-0.1, -0.05) is 0 Å². The first-order chi connectivity index (χ1) is 10.8. The van der Waals surface area contributed by atoms with Crippen LogP contribution in [0.25, 0.3) is 0 Å². The SMILES string of the molecule is O=C(OCCC[NH+]1CCS(=O)(=O)CC1)c1cc(I)cc(I)c1I. The second kappa shape index (κ2) is 8.94. The number of nitrogens with one attached hydrogen (secondary N) is 1. The zero-order chi connectivity index (χ0) is 17.0. The molecule has 128 valence electrons. The predicted molar refractivity (Wildman–Crippen MR) is 114 cm³/mol. The average molecular weight is 676 g/mol. The monoisotopic (exact) mass is 676 g/mol. The van der Waals surface area contributed by atoms with Crippen molar-refractivity contribution in [3.63, 3.8) is 0 Å². The summed E-state index contributed by atoms with van der Waals surface area (Å²) >= 11 is 6.57. The summed E-state index contributed by atoms with van der Waals surface area (Å²) in [6, 6.07) is 3.86. The number of ether oxygens (including phenoxy) is 1. The van der Waals surface area contributed by atoms with Gasteiger partial charge in [0.1, 0.15) is 0 Å². The summed E-state index contributed by atoms with van der Waals surface area (Å²) in [4.78, 5) is 13.5. The molecule has 0 spiro atoms. The molecule has 5 nitrogen and oxygen atoms in total. The van der Waals surface area contributed by atoms with Crippen LogP contribution in [0.5, 0.6) is 0 Å². The lowest BCUT2D eigenvalue weighted by Gasteiger charge is -2.23.